The van der Waals surface area contributed by atoms with Crippen molar-refractivity contribution < 1.29 is 12.8 Å². The fourth-order valence-corrected chi connectivity index (χ4v) is 4.72. The van der Waals surface area contributed by atoms with Crippen molar-refractivity contribution in [2.45, 2.75) is 11.3 Å². The van der Waals surface area contributed by atoms with Gasteiger partial charge in [0, 0.05) is 32.7 Å². The second-order valence-electron chi connectivity index (χ2n) is 6.32. The fourth-order valence-electron chi connectivity index (χ4n) is 2.98. The summed E-state index contributed by atoms with van der Waals surface area (Å²) in [6, 6.07) is 15.2. The van der Waals surface area contributed by atoms with Crippen LogP contribution in [0.25, 0.3) is 0 Å². The van der Waals surface area contributed by atoms with E-state index in [1.165, 1.54) is 28.1 Å². The summed E-state index contributed by atoms with van der Waals surface area (Å²) in [4.78, 5) is 1.96. The highest BCUT2D eigenvalue weighted by molar-refractivity contribution is 7.89. The molecule has 1 heterocycles. The zero-order valence-electron chi connectivity index (χ0n) is 14.8. The van der Waals surface area contributed by atoms with Gasteiger partial charge in [-0.3, -0.25) is 0 Å². The first-order valence-electron chi connectivity index (χ1n) is 8.79. The summed E-state index contributed by atoms with van der Waals surface area (Å²) in [5, 5.41) is 3.87. The Hall–Kier alpha value is -2.03. The van der Waals surface area contributed by atoms with Crippen molar-refractivity contribution in [2.24, 2.45) is 0 Å². The first-order chi connectivity index (χ1) is 13.0. The van der Waals surface area contributed by atoms with Gasteiger partial charge in [-0.15, -0.1) is 0 Å². The van der Waals surface area contributed by atoms with Gasteiger partial charge in [0.05, 0.1) is 4.90 Å². The number of sulfonamides is 1. The Morgan fingerprint density at radius 3 is 2.41 bits per heavy atom. The van der Waals surface area contributed by atoms with E-state index in [0.29, 0.717) is 31.3 Å². The largest absolute Gasteiger partial charge is 0.362 e. The van der Waals surface area contributed by atoms with E-state index in [-0.39, 0.29) is 4.90 Å². The molecule has 0 radical (unpaired) electrons. The van der Waals surface area contributed by atoms with Crippen LogP contribution in [0.4, 0.5) is 4.39 Å². The summed E-state index contributed by atoms with van der Waals surface area (Å²) in [7, 11) is -3.68. The monoisotopic (exact) mass is 407 g/mol. The van der Waals surface area contributed by atoms with Gasteiger partial charge in [0.2, 0.25) is 10.0 Å². The molecule has 144 valence electrons. The molecule has 0 atom stereocenters. The lowest BCUT2D eigenvalue weighted by atomic mass is 10.1. The van der Waals surface area contributed by atoms with Crippen molar-refractivity contribution in [1.82, 2.24) is 14.5 Å². The van der Waals surface area contributed by atoms with E-state index in [9.17, 15) is 12.8 Å². The summed E-state index contributed by atoms with van der Waals surface area (Å²) in [6.07, 6.45) is 0.870. The molecule has 0 spiro atoms. The maximum Gasteiger partial charge on any atom is 0.243 e. The molecule has 1 saturated heterocycles. The number of hydrogen-bond donors (Lipinski definition) is 1. The Bertz CT molecular complexity index is 883. The Kier molecular flexibility index (Phi) is 6.41. The van der Waals surface area contributed by atoms with Gasteiger partial charge >= 0.3 is 0 Å². The van der Waals surface area contributed by atoms with Crippen LogP contribution in [0.1, 0.15) is 5.56 Å². The second kappa shape index (κ2) is 8.77. The molecule has 0 bridgehead atoms. The number of hydrogen-bond acceptors (Lipinski definition) is 3. The number of piperazine rings is 1. The highest BCUT2D eigenvalue weighted by atomic mass is 32.2. The molecular formula is C19H22FN3O2S2. The van der Waals surface area contributed by atoms with Crippen molar-refractivity contribution in [3.05, 3.63) is 66.0 Å². The number of nitrogens with one attached hydrogen (secondary N) is 1. The normalized spacial score (nSPS) is 15.5. The van der Waals surface area contributed by atoms with Crippen LogP contribution in [0.2, 0.25) is 0 Å². The summed E-state index contributed by atoms with van der Waals surface area (Å²) >= 11 is 5.43. The van der Waals surface area contributed by atoms with E-state index in [1.54, 1.807) is 0 Å². The van der Waals surface area contributed by atoms with Gasteiger partial charge in [-0.2, -0.15) is 4.31 Å². The van der Waals surface area contributed by atoms with Gasteiger partial charge < -0.3 is 10.2 Å². The molecule has 0 unspecified atom stereocenters. The fraction of sp³-hybridized carbons (Fsp3) is 0.316. The third-order valence-corrected chi connectivity index (χ3v) is 6.79. The Morgan fingerprint density at radius 2 is 1.74 bits per heavy atom. The molecule has 0 aliphatic carbocycles. The maximum absolute atomic E-state index is 13.4. The van der Waals surface area contributed by atoms with Crippen molar-refractivity contribution in [1.29, 1.82) is 0 Å². The predicted octanol–water partition coefficient (Wildman–Crippen LogP) is 2.25. The molecule has 2 aromatic carbocycles. The van der Waals surface area contributed by atoms with Crippen LogP contribution in [-0.4, -0.2) is 55.5 Å². The molecular weight excluding hydrogens is 385 g/mol. The van der Waals surface area contributed by atoms with Gasteiger partial charge in [-0.05, 0) is 42.4 Å². The zero-order chi connectivity index (χ0) is 19.3. The Morgan fingerprint density at radius 1 is 1.04 bits per heavy atom. The third-order valence-electron chi connectivity index (χ3n) is 4.49. The Balaban J connectivity index is 1.50. The number of benzene rings is 2. The van der Waals surface area contributed by atoms with Crippen LogP contribution >= 0.6 is 12.2 Å². The number of halogens is 1. The SMILES string of the molecule is O=S(=O)(c1cccc(F)c1)N1CCN(C(=S)NCCc2ccccc2)CC1. The van der Waals surface area contributed by atoms with Crippen LogP contribution in [0.15, 0.2) is 59.5 Å². The predicted molar refractivity (Wildman–Crippen MR) is 107 cm³/mol. The molecule has 1 fully saturated rings. The number of rotatable bonds is 5. The minimum atomic E-state index is -3.68. The molecule has 0 saturated carbocycles. The maximum atomic E-state index is 13.4. The first-order valence-corrected chi connectivity index (χ1v) is 10.6. The smallest absolute Gasteiger partial charge is 0.243 e. The van der Waals surface area contributed by atoms with Gasteiger partial charge in [-0.25, -0.2) is 12.8 Å². The average molecular weight is 408 g/mol. The minimum absolute atomic E-state index is 0.0143. The summed E-state index contributed by atoms with van der Waals surface area (Å²) in [6.45, 7) is 2.38. The topological polar surface area (TPSA) is 52.7 Å². The number of thiocarbonyl (C=S) groups is 1. The lowest BCUT2D eigenvalue weighted by molar-refractivity contribution is 0.264. The highest BCUT2D eigenvalue weighted by Crippen LogP contribution is 2.18. The van der Waals surface area contributed by atoms with Crippen LogP contribution in [0.3, 0.4) is 0 Å². The van der Waals surface area contributed by atoms with E-state index in [0.717, 1.165) is 19.0 Å². The molecule has 27 heavy (non-hydrogen) atoms. The summed E-state index contributed by atoms with van der Waals surface area (Å²) < 4.78 is 40.0. The molecule has 1 aliphatic heterocycles. The highest BCUT2D eigenvalue weighted by Gasteiger charge is 2.29. The first kappa shape index (κ1) is 19.7. The van der Waals surface area contributed by atoms with E-state index in [4.69, 9.17) is 12.2 Å². The van der Waals surface area contributed by atoms with Crippen LogP contribution in [0, 0.1) is 5.82 Å². The average Bonchev–Trinajstić information content (AvgIpc) is 2.69. The van der Waals surface area contributed by atoms with Crippen molar-refractivity contribution in [3.8, 4) is 0 Å². The van der Waals surface area contributed by atoms with Crippen LogP contribution in [-0.2, 0) is 16.4 Å². The minimum Gasteiger partial charge on any atom is -0.362 e. The molecule has 1 aliphatic rings. The number of nitrogens with zero attached hydrogens (tertiary/aromatic N) is 2. The molecule has 5 nitrogen and oxygen atoms in total. The van der Waals surface area contributed by atoms with Gasteiger partial charge in [0.1, 0.15) is 5.82 Å². The van der Waals surface area contributed by atoms with Crippen molar-refractivity contribution >= 4 is 27.4 Å². The molecule has 8 heteroatoms. The van der Waals surface area contributed by atoms with Crippen LogP contribution < -0.4 is 5.32 Å². The lowest BCUT2D eigenvalue weighted by Gasteiger charge is -2.35. The van der Waals surface area contributed by atoms with E-state index in [1.807, 2.05) is 23.1 Å². The molecule has 0 aromatic heterocycles. The standard InChI is InChI=1S/C19H22FN3O2S2/c20-17-7-4-8-18(15-17)27(24,25)23-13-11-22(12-14-23)19(26)21-10-9-16-5-2-1-3-6-16/h1-8,15H,9-14H2,(H,21,26). The van der Waals surface area contributed by atoms with E-state index < -0.39 is 15.8 Å². The zero-order valence-corrected chi connectivity index (χ0v) is 16.5. The van der Waals surface area contributed by atoms with Crippen molar-refractivity contribution in [2.75, 3.05) is 32.7 Å². The molecule has 3 rings (SSSR count). The van der Waals surface area contributed by atoms with Gasteiger partial charge in [-0.1, -0.05) is 36.4 Å². The molecule has 0 amide bonds. The van der Waals surface area contributed by atoms with E-state index in [2.05, 4.69) is 17.4 Å². The van der Waals surface area contributed by atoms with E-state index >= 15 is 0 Å². The third kappa shape index (κ3) is 5.03. The summed E-state index contributed by atoms with van der Waals surface area (Å²) in [5.41, 5.74) is 1.24. The Labute approximate surface area is 164 Å². The lowest BCUT2D eigenvalue weighted by Crippen LogP contribution is -2.53. The summed E-state index contributed by atoms with van der Waals surface area (Å²) in [5.74, 6) is -0.557. The van der Waals surface area contributed by atoms with Gasteiger partial charge in [0.25, 0.3) is 0 Å². The van der Waals surface area contributed by atoms with Gasteiger partial charge in [0.15, 0.2) is 5.11 Å². The van der Waals surface area contributed by atoms with Crippen molar-refractivity contribution in [3.63, 3.8) is 0 Å². The van der Waals surface area contributed by atoms with Crippen LogP contribution in [0.5, 0.6) is 0 Å². The molecule has 2 aromatic rings. The molecule has 1 N–H and O–H groups in total. The second-order valence-corrected chi connectivity index (χ2v) is 8.64. The quantitative estimate of drug-likeness (QED) is 0.771.